The van der Waals surface area contributed by atoms with Gasteiger partial charge in [-0.3, -0.25) is 4.79 Å². The number of nitrogens with zero attached hydrogens (tertiary/aromatic N) is 2. The van der Waals surface area contributed by atoms with Crippen LogP contribution in [0.5, 0.6) is 11.5 Å². The summed E-state index contributed by atoms with van der Waals surface area (Å²) in [5.74, 6) is 1.37. The van der Waals surface area contributed by atoms with Crippen LogP contribution in [0, 0.1) is 6.92 Å². The Hall–Kier alpha value is -2.83. The lowest BCUT2D eigenvalue weighted by atomic mass is 10.2. The number of rotatable bonds is 7. The van der Waals surface area contributed by atoms with Gasteiger partial charge in [-0.1, -0.05) is 6.92 Å². The van der Waals surface area contributed by atoms with E-state index in [4.69, 9.17) is 9.47 Å². The van der Waals surface area contributed by atoms with E-state index in [1.807, 2.05) is 19.9 Å². The van der Waals surface area contributed by atoms with Gasteiger partial charge < -0.3 is 20.1 Å². The first kappa shape index (κ1) is 17.5. The molecule has 1 heterocycles. The zero-order valence-electron chi connectivity index (χ0n) is 14.3. The van der Waals surface area contributed by atoms with E-state index in [0.717, 1.165) is 12.1 Å². The third kappa shape index (κ3) is 4.34. The van der Waals surface area contributed by atoms with Gasteiger partial charge in [0.15, 0.2) is 11.5 Å². The van der Waals surface area contributed by atoms with Crippen molar-refractivity contribution in [1.29, 1.82) is 0 Å². The number of ether oxygens (including phenoxy) is 2. The molecule has 0 spiro atoms. The summed E-state index contributed by atoms with van der Waals surface area (Å²) in [4.78, 5) is 20.7. The summed E-state index contributed by atoms with van der Waals surface area (Å²) in [7, 11) is 3.15. The van der Waals surface area contributed by atoms with Gasteiger partial charge in [-0.25, -0.2) is 9.97 Å². The molecule has 1 amide bonds. The Morgan fingerprint density at radius 1 is 1.12 bits per heavy atom. The van der Waals surface area contributed by atoms with Gasteiger partial charge in [0.05, 0.1) is 14.2 Å². The lowest BCUT2D eigenvalue weighted by Gasteiger charge is -2.11. The Morgan fingerprint density at radius 3 is 2.54 bits per heavy atom. The minimum Gasteiger partial charge on any atom is -0.493 e. The molecule has 0 aliphatic heterocycles. The second-order valence-electron chi connectivity index (χ2n) is 5.17. The van der Waals surface area contributed by atoms with Gasteiger partial charge in [0.2, 0.25) is 5.95 Å². The van der Waals surface area contributed by atoms with Crippen molar-refractivity contribution < 1.29 is 14.3 Å². The fourth-order valence-electron chi connectivity index (χ4n) is 2.11. The van der Waals surface area contributed by atoms with Crippen molar-refractivity contribution in [1.82, 2.24) is 15.3 Å². The molecule has 1 aromatic carbocycles. The minimum absolute atomic E-state index is 0.210. The molecule has 0 radical (unpaired) electrons. The molecule has 0 fully saturated rings. The molecule has 2 aromatic rings. The van der Waals surface area contributed by atoms with Crippen LogP contribution in [0.15, 0.2) is 24.3 Å². The smallest absolute Gasteiger partial charge is 0.270 e. The summed E-state index contributed by atoms with van der Waals surface area (Å²) in [5.41, 5.74) is 1.77. The summed E-state index contributed by atoms with van der Waals surface area (Å²) in [6.07, 6.45) is 0.868. The van der Waals surface area contributed by atoms with E-state index in [-0.39, 0.29) is 5.91 Å². The maximum absolute atomic E-state index is 12.1. The number of hydrogen-bond donors (Lipinski definition) is 2. The molecule has 128 valence electrons. The number of methoxy groups -OCH3 is 2. The average molecular weight is 330 g/mol. The highest BCUT2D eigenvalue weighted by atomic mass is 16.5. The molecule has 2 N–H and O–H groups in total. The highest BCUT2D eigenvalue weighted by Crippen LogP contribution is 2.30. The molecule has 1 aromatic heterocycles. The van der Waals surface area contributed by atoms with Gasteiger partial charge in [0.1, 0.15) is 5.69 Å². The van der Waals surface area contributed by atoms with Gasteiger partial charge in [-0.2, -0.15) is 0 Å². The maximum Gasteiger partial charge on any atom is 0.270 e. The Kier molecular flexibility index (Phi) is 5.95. The highest BCUT2D eigenvalue weighted by Gasteiger charge is 2.11. The zero-order valence-corrected chi connectivity index (χ0v) is 14.3. The molecule has 0 aliphatic rings. The number of amides is 1. The molecular formula is C17H22N4O3. The van der Waals surface area contributed by atoms with Gasteiger partial charge in [0.25, 0.3) is 5.91 Å². The van der Waals surface area contributed by atoms with Gasteiger partial charge >= 0.3 is 0 Å². The number of carbonyl (C=O) groups excluding carboxylic acids is 1. The topological polar surface area (TPSA) is 85.4 Å². The Bertz CT molecular complexity index is 719. The van der Waals surface area contributed by atoms with Crippen LogP contribution in [0.4, 0.5) is 11.6 Å². The number of aryl methyl sites for hydroxylation is 1. The largest absolute Gasteiger partial charge is 0.493 e. The Balaban J connectivity index is 2.23. The molecule has 0 saturated carbocycles. The fourth-order valence-corrected chi connectivity index (χ4v) is 2.11. The van der Waals surface area contributed by atoms with Crippen LogP contribution in [0.3, 0.4) is 0 Å². The average Bonchev–Trinajstić information content (AvgIpc) is 2.58. The Labute approximate surface area is 141 Å². The fraction of sp³-hybridized carbons (Fsp3) is 0.353. The van der Waals surface area contributed by atoms with Crippen molar-refractivity contribution in [3.05, 3.63) is 35.7 Å². The van der Waals surface area contributed by atoms with Crippen molar-refractivity contribution in [2.24, 2.45) is 0 Å². The van der Waals surface area contributed by atoms with Gasteiger partial charge in [-0.15, -0.1) is 0 Å². The van der Waals surface area contributed by atoms with Crippen molar-refractivity contribution in [3.63, 3.8) is 0 Å². The number of carbonyl (C=O) groups is 1. The summed E-state index contributed by atoms with van der Waals surface area (Å²) in [6, 6.07) is 7.04. The van der Waals surface area contributed by atoms with Crippen LogP contribution < -0.4 is 20.1 Å². The molecule has 0 saturated heterocycles. The predicted octanol–water partition coefficient (Wildman–Crippen LogP) is 2.69. The minimum atomic E-state index is -0.210. The van der Waals surface area contributed by atoms with Crippen LogP contribution in [0.1, 0.15) is 29.5 Å². The maximum atomic E-state index is 12.1. The van der Waals surface area contributed by atoms with Crippen LogP contribution in [-0.4, -0.2) is 36.6 Å². The quantitative estimate of drug-likeness (QED) is 0.812. The van der Waals surface area contributed by atoms with Crippen molar-refractivity contribution in [3.8, 4) is 11.5 Å². The van der Waals surface area contributed by atoms with E-state index in [0.29, 0.717) is 35.4 Å². The molecular weight excluding hydrogens is 308 g/mol. The van der Waals surface area contributed by atoms with E-state index in [1.165, 1.54) is 0 Å². The molecule has 7 heteroatoms. The third-order valence-corrected chi connectivity index (χ3v) is 3.26. The van der Waals surface area contributed by atoms with E-state index in [2.05, 4.69) is 20.6 Å². The standard InChI is InChI=1S/C17H22N4O3/c1-5-8-18-16(22)13-9-11(2)19-17(21-13)20-12-6-7-14(23-3)15(10-12)24-4/h6-7,9-10H,5,8H2,1-4H3,(H,18,22)(H,19,20,21). The number of anilines is 2. The number of benzene rings is 1. The SMILES string of the molecule is CCCNC(=O)c1cc(C)nc(Nc2ccc(OC)c(OC)c2)n1. The third-order valence-electron chi connectivity index (χ3n) is 3.26. The van der Waals surface area contributed by atoms with E-state index in [9.17, 15) is 4.79 Å². The van der Waals surface area contributed by atoms with Crippen molar-refractivity contribution >= 4 is 17.5 Å². The highest BCUT2D eigenvalue weighted by molar-refractivity contribution is 5.92. The molecule has 0 atom stereocenters. The molecule has 0 aliphatic carbocycles. The lowest BCUT2D eigenvalue weighted by molar-refractivity contribution is 0.0948. The molecule has 2 rings (SSSR count). The number of hydrogen-bond acceptors (Lipinski definition) is 6. The van der Waals surface area contributed by atoms with E-state index >= 15 is 0 Å². The van der Waals surface area contributed by atoms with Crippen LogP contribution in [0.25, 0.3) is 0 Å². The predicted molar refractivity (Wildman–Crippen MR) is 92.2 cm³/mol. The monoisotopic (exact) mass is 330 g/mol. The summed E-state index contributed by atoms with van der Waals surface area (Å²) in [5, 5.41) is 5.89. The van der Waals surface area contributed by atoms with Crippen molar-refractivity contribution in [2.75, 3.05) is 26.1 Å². The van der Waals surface area contributed by atoms with Crippen molar-refractivity contribution in [2.45, 2.75) is 20.3 Å². The summed E-state index contributed by atoms with van der Waals surface area (Å²) >= 11 is 0. The number of nitrogens with one attached hydrogen (secondary N) is 2. The first-order valence-electron chi connectivity index (χ1n) is 7.70. The van der Waals surface area contributed by atoms with Gasteiger partial charge in [-0.05, 0) is 31.5 Å². The normalized spacial score (nSPS) is 10.2. The molecule has 0 unspecified atom stereocenters. The van der Waals surface area contributed by atoms with Gasteiger partial charge in [0, 0.05) is 24.0 Å². The van der Waals surface area contributed by atoms with Crippen LogP contribution in [-0.2, 0) is 0 Å². The molecule has 0 bridgehead atoms. The van der Waals surface area contributed by atoms with E-state index in [1.54, 1.807) is 32.4 Å². The first-order chi connectivity index (χ1) is 11.6. The number of aromatic nitrogens is 2. The lowest BCUT2D eigenvalue weighted by Crippen LogP contribution is -2.25. The first-order valence-corrected chi connectivity index (χ1v) is 7.70. The second-order valence-corrected chi connectivity index (χ2v) is 5.17. The zero-order chi connectivity index (χ0) is 17.5. The van der Waals surface area contributed by atoms with E-state index < -0.39 is 0 Å². The molecule has 24 heavy (non-hydrogen) atoms. The Morgan fingerprint density at radius 2 is 1.88 bits per heavy atom. The summed E-state index contributed by atoms with van der Waals surface area (Å²) in [6.45, 7) is 4.42. The second kappa shape index (κ2) is 8.14. The summed E-state index contributed by atoms with van der Waals surface area (Å²) < 4.78 is 10.5. The van der Waals surface area contributed by atoms with Crippen LogP contribution >= 0.6 is 0 Å². The molecule has 7 nitrogen and oxygen atoms in total. The van der Waals surface area contributed by atoms with Crippen LogP contribution in [0.2, 0.25) is 0 Å².